The van der Waals surface area contributed by atoms with Gasteiger partial charge in [0.05, 0.1) is 4.90 Å². The molecule has 4 nitrogen and oxygen atoms in total. The first-order chi connectivity index (χ1) is 8.15. The Bertz CT molecular complexity index is 484. The van der Waals surface area contributed by atoms with E-state index in [1.165, 1.54) is 24.2 Å². The molecule has 0 radical (unpaired) electrons. The first-order valence-electron chi connectivity index (χ1n) is 5.22. The number of nitrogens with two attached hydrogens (primary N) is 1. The number of aromatic amines is 1. The average Bonchev–Trinajstić information content (AvgIpc) is 2.74. The summed E-state index contributed by atoms with van der Waals surface area (Å²) in [7, 11) is 0. The molecule has 1 atom stereocenters. The third kappa shape index (κ3) is 3.28. The Morgan fingerprint density at radius 2 is 2.35 bits per heavy atom. The van der Waals surface area contributed by atoms with Gasteiger partial charge in [0.15, 0.2) is 5.16 Å². The minimum absolute atomic E-state index is 0.0298. The molecule has 1 aromatic heterocycles. The number of nitrogens with zero attached hydrogens (tertiary/aromatic N) is 2. The van der Waals surface area contributed by atoms with E-state index in [0.29, 0.717) is 16.5 Å². The first kappa shape index (κ1) is 12.1. The summed E-state index contributed by atoms with van der Waals surface area (Å²) >= 11 is 1.21. The zero-order chi connectivity index (χ0) is 12.3. The number of hydrogen-bond acceptors (Lipinski definition) is 4. The van der Waals surface area contributed by atoms with Crippen LogP contribution < -0.4 is 5.73 Å². The summed E-state index contributed by atoms with van der Waals surface area (Å²) in [5.41, 5.74) is 6.57. The summed E-state index contributed by atoms with van der Waals surface area (Å²) in [6, 6.07) is 5.16. The van der Waals surface area contributed by atoms with Crippen molar-refractivity contribution < 1.29 is 4.39 Å². The lowest BCUT2D eigenvalue weighted by Gasteiger charge is -2.07. The van der Waals surface area contributed by atoms with Gasteiger partial charge in [-0.2, -0.15) is 5.10 Å². The Balaban J connectivity index is 2.14. The third-order valence-electron chi connectivity index (χ3n) is 2.15. The van der Waals surface area contributed by atoms with Gasteiger partial charge < -0.3 is 5.73 Å². The molecule has 1 unspecified atom stereocenters. The highest BCUT2D eigenvalue weighted by atomic mass is 32.2. The molecule has 0 saturated carbocycles. The van der Waals surface area contributed by atoms with Gasteiger partial charge in [-0.25, -0.2) is 9.37 Å². The maximum atomic E-state index is 13.8. The zero-order valence-corrected chi connectivity index (χ0v) is 10.2. The predicted molar refractivity (Wildman–Crippen MR) is 64.3 cm³/mol. The molecule has 90 valence electrons. The Hall–Kier alpha value is -1.40. The summed E-state index contributed by atoms with van der Waals surface area (Å²) in [6.07, 6.45) is 2.06. The largest absolute Gasteiger partial charge is 0.328 e. The van der Waals surface area contributed by atoms with Crippen LogP contribution in [0.15, 0.2) is 34.6 Å². The summed E-state index contributed by atoms with van der Waals surface area (Å²) in [6.45, 7) is 1.90. The fourth-order valence-corrected chi connectivity index (χ4v) is 2.17. The second-order valence-corrected chi connectivity index (χ2v) is 4.87. The van der Waals surface area contributed by atoms with E-state index >= 15 is 0 Å². The molecule has 0 aliphatic carbocycles. The number of rotatable bonds is 4. The summed E-state index contributed by atoms with van der Waals surface area (Å²) in [5.74, 6) is -0.260. The maximum absolute atomic E-state index is 13.8. The predicted octanol–water partition coefficient (Wildman–Crippen LogP) is 1.98. The van der Waals surface area contributed by atoms with Crippen LogP contribution in [0.5, 0.6) is 0 Å². The van der Waals surface area contributed by atoms with Crippen LogP contribution in [0.25, 0.3) is 0 Å². The van der Waals surface area contributed by atoms with Gasteiger partial charge in [-0.15, -0.1) is 0 Å². The highest BCUT2D eigenvalue weighted by molar-refractivity contribution is 7.99. The van der Waals surface area contributed by atoms with E-state index in [1.54, 1.807) is 6.07 Å². The van der Waals surface area contributed by atoms with Crippen molar-refractivity contribution in [2.45, 2.75) is 29.4 Å². The van der Waals surface area contributed by atoms with Crippen LogP contribution >= 0.6 is 11.8 Å². The SMILES string of the molecule is CC(N)Cc1ccc(Sc2ncn[nH]2)c(F)c1. The van der Waals surface area contributed by atoms with Crippen molar-refractivity contribution in [3.8, 4) is 0 Å². The number of hydrogen-bond donors (Lipinski definition) is 2. The van der Waals surface area contributed by atoms with Gasteiger partial charge in [0.2, 0.25) is 0 Å². The molecule has 0 bridgehead atoms. The Morgan fingerprint density at radius 3 is 2.94 bits per heavy atom. The first-order valence-corrected chi connectivity index (χ1v) is 6.04. The van der Waals surface area contributed by atoms with Crippen molar-refractivity contribution in [3.05, 3.63) is 35.9 Å². The summed E-state index contributed by atoms with van der Waals surface area (Å²) in [5, 5.41) is 6.96. The molecule has 1 aromatic carbocycles. The molecule has 1 heterocycles. The van der Waals surface area contributed by atoms with Crippen molar-refractivity contribution in [3.63, 3.8) is 0 Å². The van der Waals surface area contributed by atoms with Crippen molar-refractivity contribution in [1.82, 2.24) is 15.2 Å². The highest BCUT2D eigenvalue weighted by Crippen LogP contribution is 2.27. The fraction of sp³-hybridized carbons (Fsp3) is 0.273. The van der Waals surface area contributed by atoms with E-state index in [9.17, 15) is 4.39 Å². The average molecular weight is 252 g/mol. The van der Waals surface area contributed by atoms with Gasteiger partial charge in [-0.05, 0) is 42.8 Å². The van der Waals surface area contributed by atoms with Crippen LogP contribution in [0, 0.1) is 5.82 Å². The molecule has 2 rings (SSSR count). The molecule has 0 spiro atoms. The van der Waals surface area contributed by atoms with Gasteiger partial charge >= 0.3 is 0 Å². The molecule has 17 heavy (non-hydrogen) atoms. The Kier molecular flexibility index (Phi) is 3.75. The van der Waals surface area contributed by atoms with Gasteiger partial charge in [0.25, 0.3) is 0 Å². The fourth-order valence-electron chi connectivity index (χ4n) is 1.47. The molecular formula is C11H13FN4S. The quantitative estimate of drug-likeness (QED) is 0.873. The normalized spacial score (nSPS) is 12.6. The highest BCUT2D eigenvalue weighted by Gasteiger charge is 2.08. The van der Waals surface area contributed by atoms with Gasteiger partial charge in [-0.1, -0.05) is 6.07 Å². The molecule has 6 heteroatoms. The number of benzene rings is 1. The van der Waals surface area contributed by atoms with Crippen molar-refractivity contribution >= 4 is 11.8 Å². The van der Waals surface area contributed by atoms with Crippen molar-refractivity contribution in [2.75, 3.05) is 0 Å². The Labute approximate surface area is 103 Å². The molecule has 2 aromatic rings. The smallest absolute Gasteiger partial charge is 0.188 e. The van der Waals surface area contributed by atoms with Crippen LogP contribution in [0.1, 0.15) is 12.5 Å². The van der Waals surface area contributed by atoms with E-state index in [1.807, 2.05) is 13.0 Å². The molecule has 3 N–H and O–H groups in total. The van der Waals surface area contributed by atoms with Crippen LogP contribution in [-0.2, 0) is 6.42 Å². The number of H-pyrrole nitrogens is 1. The molecule has 0 amide bonds. The second-order valence-electron chi connectivity index (χ2n) is 3.84. The lowest BCUT2D eigenvalue weighted by molar-refractivity contribution is 0.597. The van der Waals surface area contributed by atoms with Gasteiger partial charge in [0.1, 0.15) is 12.1 Å². The second kappa shape index (κ2) is 5.29. The maximum Gasteiger partial charge on any atom is 0.188 e. The van der Waals surface area contributed by atoms with Crippen molar-refractivity contribution in [2.24, 2.45) is 5.73 Å². The molecular weight excluding hydrogens is 239 g/mol. The zero-order valence-electron chi connectivity index (χ0n) is 9.35. The van der Waals surface area contributed by atoms with Crippen LogP contribution in [0.2, 0.25) is 0 Å². The number of aromatic nitrogens is 3. The standard InChI is InChI=1S/C11H13FN4S/c1-7(13)4-8-2-3-10(9(12)5-8)17-11-14-6-15-16-11/h2-3,5-7H,4,13H2,1H3,(H,14,15,16). The number of halogens is 1. The molecule has 0 saturated heterocycles. The van der Waals surface area contributed by atoms with E-state index in [4.69, 9.17) is 5.73 Å². The topological polar surface area (TPSA) is 67.6 Å². The minimum Gasteiger partial charge on any atom is -0.328 e. The Morgan fingerprint density at radius 1 is 1.53 bits per heavy atom. The van der Waals surface area contributed by atoms with Gasteiger partial charge in [-0.3, -0.25) is 5.10 Å². The van der Waals surface area contributed by atoms with E-state index in [0.717, 1.165) is 5.56 Å². The van der Waals surface area contributed by atoms with E-state index < -0.39 is 0 Å². The summed E-state index contributed by atoms with van der Waals surface area (Å²) < 4.78 is 13.8. The van der Waals surface area contributed by atoms with E-state index in [-0.39, 0.29) is 11.9 Å². The molecule has 0 fully saturated rings. The lowest BCUT2D eigenvalue weighted by atomic mass is 10.1. The summed E-state index contributed by atoms with van der Waals surface area (Å²) in [4.78, 5) is 4.46. The van der Waals surface area contributed by atoms with Crippen LogP contribution in [0.3, 0.4) is 0 Å². The van der Waals surface area contributed by atoms with Crippen molar-refractivity contribution in [1.29, 1.82) is 0 Å². The van der Waals surface area contributed by atoms with Crippen LogP contribution in [0.4, 0.5) is 4.39 Å². The monoisotopic (exact) mass is 252 g/mol. The minimum atomic E-state index is -0.260. The van der Waals surface area contributed by atoms with E-state index in [2.05, 4.69) is 15.2 Å². The third-order valence-corrected chi connectivity index (χ3v) is 3.09. The van der Waals surface area contributed by atoms with Crippen LogP contribution in [-0.4, -0.2) is 21.2 Å². The molecule has 0 aliphatic heterocycles. The molecule has 0 aliphatic rings. The lowest BCUT2D eigenvalue weighted by Crippen LogP contribution is -2.17. The number of nitrogens with one attached hydrogen (secondary N) is 1. The van der Waals surface area contributed by atoms with Gasteiger partial charge in [0, 0.05) is 6.04 Å².